The lowest BCUT2D eigenvalue weighted by molar-refractivity contribution is -0.128. The Labute approximate surface area is 208 Å². The molecule has 0 spiro atoms. The molecule has 3 aromatic rings. The molecule has 0 bridgehead atoms. The Hall–Kier alpha value is -3.23. The number of benzene rings is 2. The molecule has 34 heavy (non-hydrogen) atoms. The number of hydrogen-bond donors (Lipinski definition) is 3. The number of hydrogen-bond acceptors (Lipinski definition) is 6. The van der Waals surface area contributed by atoms with Gasteiger partial charge in [0.05, 0.1) is 11.0 Å². The molecule has 3 N–H and O–H groups in total. The first-order valence-electron chi connectivity index (χ1n) is 10.7. The maximum absolute atomic E-state index is 13.2. The van der Waals surface area contributed by atoms with Crippen molar-refractivity contribution in [1.82, 2.24) is 10.2 Å². The zero-order chi connectivity index (χ0) is 24.9. The Morgan fingerprint density at radius 3 is 2.26 bits per heavy atom. The van der Waals surface area contributed by atoms with Crippen molar-refractivity contribution in [2.75, 3.05) is 14.1 Å². The Morgan fingerprint density at radius 1 is 1.03 bits per heavy atom. The smallest absolute Gasteiger partial charge is 0.253 e. The van der Waals surface area contributed by atoms with Crippen molar-refractivity contribution in [3.05, 3.63) is 82.7 Å². The molecule has 8 heteroatoms. The van der Waals surface area contributed by atoms with Gasteiger partial charge < -0.3 is 15.6 Å². The lowest BCUT2D eigenvalue weighted by Crippen LogP contribution is -2.42. The lowest BCUT2D eigenvalue weighted by atomic mass is 9.73. The summed E-state index contributed by atoms with van der Waals surface area (Å²) < 4.78 is 0. The normalized spacial score (nSPS) is 12.0. The average Bonchev–Trinajstić information content (AvgIpc) is 3.28. The Kier molecular flexibility index (Phi) is 8.06. The molecule has 1 aromatic heterocycles. The summed E-state index contributed by atoms with van der Waals surface area (Å²) in [6.45, 7) is 3.76. The predicted molar refractivity (Wildman–Crippen MR) is 142 cm³/mol. The molecule has 1 heterocycles. The fraction of sp³-hybridized carbons (Fsp3) is 0.231. The number of thioether (sulfide) groups is 1. The minimum absolute atomic E-state index is 0.0398. The number of amidine groups is 1. The predicted octanol–water partition coefficient (Wildman–Crippen LogP) is 5.67. The van der Waals surface area contributed by atoms with Gasteiger partial charge >= 0.3 is 0 Å². The van der Waals surface area contributed by atoms with Crippen LogP contribution in [0.15, 0.2) is 66.7 Å². The minimum Gasteiger partial charge on any atom is -0.345 e. The van der Waals surface area contributed by atoms with Crippen LogP contribution < -0.4 is 5.32 Å². The molecule has 3 rings (SSSR count). The van der Waals surface area contributed by atoms with Gasteiger partial charge in [-0.05, 0) is 47.2 Å². The Bertz CT molecular complexity index is 1190. The zero-order valence-corrected chi connectivity index (χ0v) is 21.2. The maximum Gasteiger partial charge on any atom is 0.253 e. The lowest BCUT2D eigenvalue weighted by Gasteiger charge is -2.33. The van der Waals surface area contributed by atoms with Crippen LogP contribution in [-0.2, 0) is 4.79 Å². The fourth-order valence-electron chi connectivity index (χ4n) is 3.76. The summed E-state index contributed by atoms with van der Waals surface area (Å²) in [7, 11) is 3.46. The monoisotopic (exact) mass is 492 g/mol. The number of nitrogens with one attached hydrogen (secondary N) is 3. The standard InChI is InChI=1S/C26H28N4O2S2/c1-26(2,24(32)29-25(28)33-16-27)22(18-8-6-5-7-9-18)21-15-14-20(34-21)17-10-12-19(13-11-17)23(31)30(3)4/h5-16,22,27H,1-4H3,(H2,28,29,32). The summed E-state index contributed by atoms with van der Waals surface area (Å²) in [5.41, 5.74) is 2.81. The van der Waals surface area contributed by atoms with Crippen molar-refractivity contribution in [1.29, 1.82) is 10.8 Å². The second-order valence-electron chi connectivity index (χ2n) is 8.56. The van der Waals surface area contributed by atoms with E-state index in [2.05, 4.69) is 5.32 Å². The summed E-state index contributed by atoms with van der Waals surface area (Å²) in [4.78, 5) is 29.0. The summed E-state index contributed by atoms with van der Waals surface area (Å²) in [5.74, 6) is -0.552. The third-order valence-electron chi connectivity index (χ3n) is 5.58. The van der Waals surface area contributed by atoms with Crippen molar-refractivity contribution >= 4 is 45.6 Å². The van der Waals surface area contributed by atoms with Crippen LogP contribution in [0.1, 0.15) is 40.6 Å². The highest BCUT2D eigenvalue weighted by Crippen LogP contribution is 2.45. The van der Waals surface area contributed by atoms with Gasteiger partial charge in [0.2, 0.25) is 5.91 Å². The van der Waals surface area contributed by atoms with Crippen molar-refractivity contribution in [3.63, 3.8) is 0 Å². The van der Waals surface area contributed by atoms with Gasteiger partial charge in [0.25, 0.3) is 5.91 Å². The van der Waals surface area contributed by atoms with E-state index in [0.29, 0.717) is 5.56 Å². The molecule has 0 radical (unpaired) electrons. The molecule has 176 valence electrons. The molecule has 0 aliphatic heterocycles. The van der Waals surface area contributed by atoms with Crippen molar-refractivity contribution in [3.8, 4) is 10.4 Å². The number of carbonyl (C=O) groups is 2. The van der Waals surface area contributed by atoms with E-state index in [1.807, 2.05) is 80.6 Å². The van der Waals surface area contributed by atoms with E-state index in [1.165, 1.54) is 0 Å². The molecule has 2 aromatic carbocycles. The second kappa shape index (κ2) is 10.8. The summed E-state index contributed by atoms with van der Waals surface area (Å²) >= 11 is 2.47. The van der Waals surface area contributed by atoms with E-state index in [-0.39, 0.29) is 22.9 Å². The summed E-state index contributed by atoms with van der Waals surface area (Å²) in [6, 6.07) is 21.5. The molecular formula is C26H28N4O2S2. The van der Waals surface area contributed by atoms with Gasteiger partial charge in [-0.25, -0.2) is 0 Å². The molecule has 1 unspecified atom stereocenters. The van der Waals surface area contributed by atoms with Crippen LogP contribution in [0.5, 0.6) is 0 Å². The van der Waals surface area contributed by atoms with Crippen LogP contribution in [0.4, 0.5) is 0 Å². The van der Waals surface area contributed by atoms with Crippen molar-refractivity contribution < 1.29 is 9.59 Å². The van der Waals surface area contributed by atoms with Gasteiger partial charge in [0.15, 0.2) is 5.17 Å². The Morgan fingerprint density at radius 2 is 1.68 bits per heavy atom. The van der Waals surface area contributed by atoms with E-state index in [9.17, 15) is 9.59 Å². The van der Waals surface area contributed by atoms with Crippen LogP contribution in [0.25, 0.3) is 10.4 Å². The maximum atomic E-state index is 13.2. The molecule has 0 saturated carbocycles. The molecule has 0 aliphatic carbocycles. The van der Waals surface area contributed by atoms with E-state index >= 15 is 0 Å². The molecule has 2 amide bonds. The quantitative estimate of drug-likeness (QED) is 0.293. The fourth-order valence-corrected chi connectivity index (χ4v) is 5.36. The summed E-state index contributed by atoms with van der Waals surface area (Å²) in [6.07, 6.45) is 0. The first-order chi connectivity index (χ1) is 16.1. The average molecular weight is 493 g/mol. The summed E-state index contributed by atoms with van der Waals surface area (Å²) in [5, 5.41) is 17.6. The third kappa shape index (κ3) is 5.63. The Balaban J connectivity index is 1.96. The van der Waals surface area contributed by atoms with E-state index < -0.39 is 5.41 Å². The zero-order valence-electron chi connectivity index (χ0n) is 19.6. The highest BCUT2D eigenvalue weighted by molar-refractivity contribution is 8.24. The largest absolute Gasteiger partial charge is 0.345 e. The van der Waals surface area contributed by atoms with Crippen LogP contribution in [0.3, 0.4) is 0 Å². The van der Waals surface area contributed by atoms with Crippen molar-refractivity contribution in [2.45, 2.75) is 19.8 Å². The SMILES string of the molecule is CN(C)C(=O)c1ccc(-c2ccc(C(c3ccccc3)C(C)(C)C(=O)NC(=N)SC=N)s2)cc1. The van der Waals surface area contributed by atoms with Gasteiger partial charge in [0, 0.05) is 35.3 Å². The molecule has 0 fully saturated rings. The second-order valence-corrected chi connectivity index (χ2v) is 10.6. The number of thiophene rings is 1. The van der Waals surface area contributed by atoms with Gasteiger partial charge in [0.1, 0.15) is 0 Å². The van der Waals surface area contributed by atoms with E-state index in [0.717, 1.165) is 38.2 Å². The van der Waals surface area contributed by atoms with Gasteiger partial charge in [-0.15, -0.1) is 11.3 Å². The highest BCUT2D eigenvalue weighted by Gasteiger charge is 2.40. The van der Waals surface area contributed by atoms with Gasteiger partial charge in [-0.3, -0.25) is 15.0 Å². The molecular weight excluding hydrogens is 464 g/mol. The topological polar surface area (TPSA) is 97.1 Å². The molecule has 1 atom stereocenters. The van der Waals surface area contributed by atoms with E-state index in [4.69, 9.17) is 10.8 Å². The number of amides is 2. The van der Waals surface area contributed by atoms with Crippen LogP contribution in [-0.4, -0.2) is 41.5 Å². The number of nitrogens with zero attached hydrogens (tertiary/aromatic N) is 1. The highest BCUT2D eigenvalue weighted by atomic mass is 32.2. The third-order valence-corrected chi connectivity index (χ3v) is 7.23. The first-order valence-corrected chi connectivity index (χ1v) is 12.4. The number of rotatable bonds is 7. The van der Waals surface area contributed by atoms with Gasteiger partial charge in [-0.1, -0.05) is 56.3 Å². The van der Waals surface area contributed by atoms with Crippen LogP contribution in [0.2, 0.25) is 0 Å². The molecule has 0 aliphatic rings. The molecule has 6 nitrogen and oxygen atoms in total. The van der Waals surface area contributed by atoms with Crippen molar-refractivity contribution in [2.24, 2.45) is 5.41 Å². The minimum atomic E-state index is -0.861. The van der Waals surface area contributed by atoms with Crippen LogP contribution >= 0.6 is 23.1 Å². The number of carbonyl (C=O) groups excluding carboxylic acids is 2. The van der Waals surface area contributed by atoms with E-state index in [1.54, 1.807) is 30.3 Å². The van der Waals surface area contributed by atoms with Crippen LogP contribution in [0, 0.1) is 16.2 Å². The molecule has 0 saturated heterocycles. The van der Waals surface area contributed by atoms with Gasteiger partial charge in [-0.2, -0.15) is 0 Å². The first kappa shape index (κ1) is 25.4.